The van der Waals surface area contributed by atoms with Crippen molar-refractivity contribution < 1.29 is 22.7 Å². The van der Waals surface area contributed by atoms with Crippen molar-refractivity contribution in [3.8, 4) is 0 Å². The largest absolute Gasteiger partial charge is 0.416 e. The van der Waals surface area contributed by atoms with E-state index in [2.05, 4.69) is 15.2 Å². The molecule has 1 aliphatic carbocycles. The Balaban J connectivity index is 1.41. The van der Waals surface area contributed by atoms with Crippen molar-refractivity contribution in [2.75, 3.05) is 43.9 Å². The Morgan fingerprint density at radius 2 is 1.79 bits per heavy atom. The van der Waals surface area contributed by atoms with E-state index in [1.165, 1.54) is 23.9 Å². The second kappa shape index (κ2) is 10.9. The van der Waals surface area contributed by atoms with Crippen LogP contribution in [0.2, 0.25) is 0 Å². The van der Waals surface area contributed by atoms with Crippen LogP contribution in [-0.4, -0.2) is 59.0 Å². The third-order valence-electron chi connectivity index (χ3n) is 6.03. The van der Waals surface area contributed by atoms with E-state index in [9.17, 15) is 22.8 Å². The summed E-state index contributed by atoms with van der Waals surface area (Å²) in [5.41, 5.74) is 1.24. The van der Waals surface area contributed by atoms with Crippen LogP contribution in [-0.2, 0) is 35.1 Å². The zero-order valence-corrected chi connectivity index (χ0v) is 19.5. The number of benzene rings is 1. The van der Waals surface area contributed by atoms with Crippen LogP contribution >= 0.6 is 11.8 Å². The van der Waals surface area contributed by atoms with E-state index >= 15 is 0 Å². The highest BCUT2D eigenvalue weighted by atomic mass is 32.2. The molecule has 0 radical (unpaired) electrons. The number of anilines is 1. The average molecular weight is 497 g/mol. The van der Waals surface area contributed by atoms with Crippen LogP contribution < -0.4 is 11.0 Å². The van der Waals surface area contributed by atoms with Crippen LogP contribution in [0.3, 0.4) is 0 Å². The first-order valence-electron chi connectivity index (χ1n) is 11.3. The second-order valence-corrected chi connectivity index (χ2v) is 9.31. The predicted octanol–water partition coefficient (Wildman–Crippen LogP) is 3.20. The van der Waals surface area contributed by atoms with Gasteiger partial charge in [-0.3, -0.25) is 14.3 Å². The number of amides is 1. The fourth-order valence-corrected chi connectivity index (χ4v) is 5.11. The molecule has 1 N–H and O–H groups in total. The number of carbonyl (C=O) groups excluding carboxylic acids is 1. The summed E-state index contributed by atoms with van der Waals surface area (Å²) in [6.07, 6.45) is -0.801. The Labute approximate surface area is 199 Å². The van der Waals surface area contributed by atoms with Gasteiger partial charge in [0, 0.05) is 43.1 Å². The number of thioether (sulfide) groups is 1. The van der Waals surface area contributed by atoms with E-state index in [0.29, 0.717) is 24.8 Å². The maximum atomic E-state index is 12.8. The van der Waals surface area contributed by atoms with Crippen LogP contribution in [0.15, 0.2) is 34.1 Å². The van der Waals surface area contributed by atoms with Gasteiger partial charge in [0.15, 0.2) is 0 Å². The number of alkyl halides is 3. The number of aromatic nitrogens is 2. The van der Waals surface area contributed by atoms with Crippen LogP contribution in [0.25, 0.3) is 0 Å². The Kier molecular flexibility index (Phi) is 7.95. The lowest BCUT2D eigenvalue weighted by Crippen LogP contribution is -2.40. The Bertz CT molecular complexity index is 1070. The van der Waals surface area contributed by atoms with Gasteiger partial charge in [-0.1, -0.05) is 11.8 Å². The minimum absolute atomic E-state index is 0.0116. The maximum Gasteiger partial charge on any atom is 0.416 e. The Morgan fingerprint density at radius 1 is 1.09 bits per heavy atom. The number of fused-ring (bicyclic) bond motifs is 1. The molecule has 1 aliphatic heterocycles. The quantitative estimate of drug-likeness (QED) is 0.469. The SMILES string of the molecule is O=C(CSc1nc(=O)n(CCN2CCOCC2)c2c1CCCC2)Nc1ccc(C(F)(F)F)cc1. The molecule has 2 aromatic rings. The van der Waals surface area contributed by atoms with Crippen molar-refractivity contribution >= 4 is 23.4 Å². The van der Waals surface area contributed by atoms with E-state index in [-0.39, 0.29) is 23.0 Å². The molecule has 2 heterocycles. The molecule has 0 spiro atoms. The summed E-state index contributed by atoms with van der Waals surface area (Å²) < 4.78 is 45.3. The highest BCUT2D eigenvalue weighted by Gasteiger charge is 2.30. The summed E-state index contributed by atoms with van der Waals surface area (Å²) in [6, 6.07) is 4.30. The monoisotopic (exact) mass is 496 g/mol. The van der Waals surface area contributed by atoms with E-state index in [1.54, 1.807) is 4.57 Å². The summed E-state index contributed by atoms with van der Waals surface area (Å²) in [7, 11) is 0. The highest BCUT2D eigenvalue weighted by molar-refractivity contribution is 8.00. The van der Waals surface area contributed by atoms with Gasteiger partial charge >= 0.3 is 11.9 Å². The fraction of sp³-hybridized carbons (Fsp3) is 0.522. The predicted molar refractivity (Wildman–Crippen MR) is 123 cm³/mol. The maximum absolute atomic E-state index is 12.8. The molecule has 0 bridgehead atoms. The fourth-order valence-electron chi connectivity index (χ4n) is 4.24. The van der Waals surface area contributed by atoms with E-state index in [4.69, 9.17) is 4.74 Å². The topological polar surface area (TPSA) is 76.5 Å². The number of nitrogens with zero attached hydrogens (tertiary/aromatic N) is 3. The molecule has 4 rings (SSSR count). The van der Waals surface area contributed by atoms with E-state index in [1.807, 2.05) is 0 Å². The van der Waals surface area contributed by atoms with Crippen LogP contribution in [0.4, 0.5) is 18.9 Å². The number of hydrogen-bond donors (Lipinski definition) is 1. The minimum atomic E-state index is -4.43. The summed E-state index contributed by atoms with van der Waals surface area (Å²) in [6.45, 7) is 4.45. The molecule has 0 saturated carbocycles. The zero-order valence-electron chi connectivity index (χ0n) is 18.7. The number of rotatable bonds is 7. The first-order valence-corrected chi connectivity index (χ1v) is 12.3. The van der Waals surface area contributed by atoms with Crippen LogP contribution in [0, 0.1) is 0 Å². The van der Waals surface area contributed by atoms with Gasteiger partial charge in [0.25, 0.3) is 0 Å². The summed E-state index contributed by atoms with van der Waals surface area (Å²) >= 11 is 1.20. The number of morpholine rings is 1. The number of carbonyl (C=O) groups is 1. The van der Waals surface area contributed by atoms with Gasteiger partial charge in [-0.15, -0.1) is 0 Å². The van der Waals surface area contributed by atoms with Crippen molar-refractivity contribution in [1.29, 1.82) is 0 Å². The van der Waals surface area contributed by atoms with Crippen molar-refractivity contribution in [2.24, 2.45) is 0 Å². The Morgan fingerprint density at radius 3 is 2.50 bits per heavy atom. The number of halogens is 3. The van der Waals surface area contributed by atoms with Crippen molar-refractivity contribution in [3.05, 3.63) is 51.6 Å². The molecule has 1 fully saturated rings. The Hall–Kier alpha value is -2.37. The van der Waals surface area contributed by atoms with Gasteiger partial charge in [-0.25, -0.2) is 4.79 Å². The second-order valence-electron chi connectivity index (χ2n) is 8.35. The molecule has 1 amide bonds. The van der Waals surface area contributed by atoms with Gasteiger partial charge in [0.05, 0.1) is 24.5 Å². The van der Waals surface area contributed by atoms with Crippen molar-refractivity contribution in [1.82, 2.24) is 14.5 Å². The summed E-state index contributed by atoms with van der Waals surface area (Å²) in [5.74, 6) is -0.356. The van der Waals surface area contributed by atoms with Gasteiger partial charge in [-0.2, -0.15) is 18.2 Å². The number of hydrogen-bond acceptors (Lipinski definition) is 6. The number of nitrogens with one attached hydrogen (secondary N) is 1. The minimum Gasteiger partial charge on any atom is -0.379 e. The molecule has 0 atom stereocenters. The average Bonchev–Trinajstić information content (AvgIpc) is 2.82. The zero-order chi connectivity index (χ0) is 24.1. The molecule has 34 heavy (non-hydrogen) atoms. The molecule has 0 unspecified atom stereocenters. The third kappa shape index (κ3) is 6.19. The third-order valence-corrected chi connectivity index (χ3v) is 7.05. The normalized spacial score (nSPS) is 16.8. The molecular formula is C23H27F3N4O3S. The molecule has 1 aromatic carbocycles. The molecular weight excluding hydrogens is 469 g/mol. The molecule has 2 aliphatic rings. The van der Waals surface area contributed by atoms with Gasteiger partial charge < -0.3 is 10.1 Å². The van der Waals surface area contributed by atoms with Crippen molar-refractivity contribution in [2.45, 2.75) is 43.4 Å². The summed E-state index contributed by atoms with van der Waals surface area (Å²) in [5, 5.41) is 3.17. The first-order chi connectivity index (χ1) is 16.3. The standard InChI is InChI=1S/C23H27F3N4O3S/c24-23(25,26)16-5-7-17(8-6-16)27-20(31)15-34-21-18-3-1-2-4-19(18)30(22(32)28-21)10-9-29-11-13-33-14-12-29/h5-8H,1-4,9-15H2,(H,27,31). The molecule has 1 saturated heterocycles. The molecule has 1 aromatic heterocycles. The van der Waals surface area contributed by atoms with Gasteiger partial charge in [0.1, 0.15) is 5.03 Å². The molecule has 11 heteroatoms. The lowest BCUT2D eigenvalue weighted by Gasteiger charge is -2.28. The highest BCUT2D eigenvalue weighted by Crippen LogP contribution is 2.30. The van der Waals surface area contributed by atoms with E-state index in [0.717, 1.165) is 68.7 Å². The van der Waals surface area contributed by atoms with Gasteiger partial charge in [0.2, 0.25) is 5.91 Å². The summed E-state index contributed by atoms with van der Waals surface area (Å²) in [4.78, 5) is 31.8. The number of ether oxygens (including phenoxy) is 1. The van der Waals surface area contributed by atoms with Gasteiger partial charge in [-0.05, 0) is 49.9 Å². The molecule has 7 nitrogen and oxygen atoms in total. The lowest BCUT2D eigenvalue weighted by atomic mass is 9.97. The lowest BCUT2D eigenvalue weighted by molar-refractivity contribution is -0.137. The van der Waals surface area contributed by atoms with Crippen LogP contribution in [0.1, 0.15) is 29.7 Å². The van der Waals surface area contributed by atoms with E-state index < -0.39 is 11.7 Å². The van der Waals surface area contributed by atoms with Crippen LogP contribution in [0.5, 0.6) is 0 Å². The van der Waals surface area contributed by atoms with Crippen molar-refractivity contribution in [3.63, 3.8) is 0 Å². The molecule has 184 valence electrons. The first kappa shape index (κ1) is 24.7. The smallest absolute Gasteiger partial charge is 0.379 e.